The molecular weight excluding hydrogens is 218 g/mol. The van der Waals surface area contributed by atoms with Crippen LogP contribution in [0.25, 0.3) is 0 Å². The Labute approximate surface area is 102 Å². The maximum absolute atomic E-state index is 11.7. The Kier molecular flexibility index (Phi) is 4.42. The van der Waals surface area contributed by atoms with E-state index in [1.165, 1.54) is 4.90 Å². The van der Waals surface area contributed by atoms with Crippen LogP contribution in [0.5, 0.6) is 0 Å². The van der Waals surface area contributed by atoms with Crippen molar-refractivity contribution in [3.8, 4) is 0 Å². The molecule has 1 aromatic carbocycles. The molecule has 1 amide bonds. The van der Waals surface area contributed by atoms with Crippen molar-refractivity contribution in [3.63, 3.8) is 0 Å². The molecule has 0 heterocycles. The standard InChI is InChI=1S/C13H19NOS/c1-13(2,3)14-12(15)9-10-5-7-11(16-4)8-6-10/h5-8H,9H2,1-4H3,(H,14,15). The average Bonchev–Trinajstić information content (AvgIpc) is 2.16. The van der Waals surface area contributed by atoms with Gasteiger partial charge in [-0.15, -0.1) is 11.8 Å². The largest absolute Gasteiger partial charge is 0.351 e. The van der Waals surface area contributed by atoms with Gasteiger partial charge in [-0.05, 0) is 44.7 Å². The zero-order chi connectivity index (χ0) is 12.2. The molecule has 0 saturated heterocycles. The summed E-state index contributed by atoms with van der Waals surface area (Å²) in [6.45, 7) is 5.96. The van der Waals surface area contributed by atoms with Gasteiger partial charge in [0.1, 0.15) is 0 Å². The first kappa shape index (κ1) is 13.1. The molecule has 0 saturated carbocycles. The third-order valence-electron chi connectivity index (χ3n) is 2.04. The Hall–Kier alpha value is -0.960. The lowest BCUT2D eigenvalue weighted by Gasteiger charge is -2.20. The van der Waals surface area contributed by atoms with Gasteiger partial charge in [0.25, 0.3) is 0 Å². The molecule has 0 atom stereocenters. The number of thioether (sulfide) groups is 1. The van der Waals surface area contributed by atoms with Gasteiger partial charge in [-0.2, -0.15) is 0 Å². The van der Waals surface area contributed by atoms with Crippen LogP contribution in [0.1, 0.15) is 26.3 Å². The lowest BCUT2D eigenvalue weighted by atomic mass is 10.1. The second-order valence-electron chi connectivity index (χ2n) is 4.82. The third kappa shape index (κ3) is 4.71. The Morgan fingerprint density at radius 3 is 2.25 bits per heavy atom. The minimum atomic E-state index is -0.156. The zero-order valence-electron chi connectivity index (χ0n) is 10.3. The quantitative estimate of drug-likeness (QED) is 0.819. The summed E-state index contributed by atoms with van der Waals surface area (Å²) in [4.78, 5) is 12.9. The van der Waals surface area contributed by atoms with E-state index in [1.54, 1.807) is 11.8 Å². The molecule has 0 bridgehead atoms. The summed E-state index contributed by atoms with van der Waals surface area (Å²) >= 11 is 1.71. The normalized spacial score (nSPS) is 11.2. The summed E-state index contributed by atoms with van der Waals surface area (Å²) in [7, 11) is 0. The van der Waals surface area contributed by atoms with E-state index in [0.29, 0.717) is 6.42 Å². The van der Waals surface area contributed by atoms with Crippen LogP contribution in [0.15, 0.2) is 29.2 Å². The van der Waals surface area contributed by atoms with Crippen molar-refractivity contribution in [1.82, 2.24) is 5.32 Å². The summed E-state index contributed by atoms with van der Waals surface area (Å²) in [5.74, 6) is 0.0735. The second kappa shape index (κ2) is 5.39. The fourth-order valence-corrected chi connectivity index (χ4v) is 1.80. The SMILES string of the molecule is CSc1ccc(CC(=O)NC(C)(C)C)cc1. The van der Waals surface area contributed by atoms with E-state index < -0.39 is 0 Å². The maximum Gasteiger partial charge on any atom is 0.224 e. The lowest BCUT2D eigenvalue weighted by Crippen LogP contribution is -2.41. The van der Waals surface area contributed by atoms with Crippen LogP contribution >= 0.6 is 11.8 Å². The van der Waals surface area contributed by atoms with Crippen LogP contribution in [-0.4, -0.2) is 17.7 Å². The second-order valence-corrected chi connectivity index (χ2v) is 5.70. The molecule has 0 aromatic heterocycles. The smallest absolute Gasteiger partial charge is 0.224 e. The van der Waals surface area contributed by atoms with Crippen molar-refractivity contribution in [1.29, 1.82) is 0 Å². The number of nitrogens with one attached hydrogen (secondary N) is 1. The number of hydrogen-bond donors (Lipinski definition) is 1. The van der Waals surface area contributed by atoms with E-state index >= 15 is 0 Å². The van der Waals surface area contributed by atoms with Crippen molar-refractivity contribution in [2.75, 3.05) is 6.26 Å². The van der Waals surface area contributed by atoms with Crippen molar-refractivity contribution < 1.29 is 4.79 Å². The summed E-state index contributed by atoms with van der Waals surface area (Å²) in [6, 6.07) is 8.11. The van der Waals surface area contributed by atoms with Gasteiger partial charge in [0.05, 0.1) is 6.42 Å². The molecule has 3 heteroatoms. The van der Waals surface area contributed by atoms with E-state index in [9.17, 15) is 4.79 Å². The van der Waals surface area contributed by atoms with Gasteiger partial charge in [-0.3, -0.25) is 4.79 Å². The van der Waals surface area contributed by atoms with E-state index in [0.717, 1.165) is 5.56 Å². The number of carbonyl (C=O) groups excluding carboxylic acids is 1. The van der Waals surface area contributed by atoms with Crippen LogP contribution in [0, 0.1) is 0 Å². The highest BCUT2D eigenvalue weighted by Crippen LogP contribution is 2.15. The first-order chi connectivity index (χ1) is 7.40. The molecule has 0 radical (unpaired) electrons. The monoisotopic (exact) mass is 237 g/mol. The van der Waals surface area contributed by atoms with Crippen LogP contribution in [0.4, 0.5) is 0 Å². The number of amides is 1. The predicted molar refractivity (Wildman–Crippen MR) is 69.8 cm³/mol. The molecule has 0 unspecified atom stereocenters. The van der Waals surface area contributed by atoms with Gasteiger partial charge >= 0.3 is 0 Å². The molecule has 0 fully saturated rings. The topological polar surface area (TPSA) is 29.1 Å². The van der Waals surface area contributed by atoms with Gasteiger partial charge in [-0.25, -0.2) is 0 Å². The van der Waals surface area contributed by atoms with Gasteiger partial charge < -0.3 is 5.32 Å². The van der Waals surface area contributed by atoms with Crippen molar-refractivity contribution in [2.45, 2.75) is 37.6 Å². The Morgan fingerprint density at radius 2 is 1.81 bits per heavy atom. The van der Waals surface area contributed by atoms with E-state index in [4.69, 9.17) is 0 Å². The molecule has 1 N–H and O–H groups in total. The van der Waals surface area contributed by atoms with Crippen molar-refractivity contribution in [2.24, 2.45) is 0 Å². The molecule has 0 aliphatic carbocycles. The van der Waals surface area contributed by atoms with Gasteiger partial charge in [0.15, 0.2) is 0 Å². The van der Waals surface area contributed by atoms with E-state index in [-0.39, 0.29) is 11.4 Å². The van der Waals surface area contributed by atoms with Gasteiger partial charge in [-0.1, -0.05) is 12.1 Å². The summed E-state index contributed by atoms with van der Waals surface area (Å²) < 4.78 is 0. The summed E-state index contributed by atoms with van der Waals surface area (Å²) in [5, 5.41) is 2.95. The van der Waals surface area contributed by atoms with E-state index in [1.807, 2.05) is 51.3 Å². The molecule has 0 aliphatic heterocycles. The van der Waals surface area contributed by atoms with Crippen LogP contribution in [0.3, 0.4) is 0 Å². The minimum Gasteiger partial charge on any atom is -0.351 e. The van der Waals surface area contributed by atoms with Crippen molar-refractivity contribution >= 4 is 17.7 Å². The average molecular weight is 237 g/mol. The number of rotatable bonds is 3. The maximum atomic E-state index is 11.7. The Morgan fingerprint density at radius 1 is 1.25 bits per heavy atom. The van der Waals surface area contributed by atoms with Crippen molar-refractivity contribution in [3.05, 3.63) is 29.8 Å². The summed E-state index contributed by atoms with van der Waals surface area (Å²) in [6.07, 6.45) is 2.49. The lowest BCUT2D eigenvalue weighted by molar-refractivity contribution is -0.121. The zero-order valence-corrected chi connectivity index (χ0v) is 11.1. The fourth-order valence-electron chi connectivity index (χ4n) is 1.39. The Bertz CT molecular complexity index is 351. The highest BCUT2D eigenvalue weighted by molar-refractivity contribution is 7.98. The van der Waals surface area contributed by atoms with Gasteiger partial charge in [0.2, 0.25) is 5.91 Å². The summed E-state index contributed by atoms with van der Waals surface area (Å²) in [5.41, 5.74) is 0.899. The molecule has 0 spiro atoms. The van der Waals surface area contributed by atoms with Gasteiger partial charge in [0, 0.05) is 10.4 Å². The van der Waals surface area contributed by atoms with Crippen LogP contribution in [0.2, 0.25) is 0 Å². The molecule has 1 rings (SSSR count). The number of carbonyl (C=O) groups is 1. The molecule has 2 nitrogen and oxygen atoms in total. The Balaban J connectivity index is 2.56. The molecule has 1 aromatic rings. The highest BCUT2D eigenvalue weighted by Gasteiger charge is 2.13. The van der Waals surface area contributed by atoms with Crippen LogP contribution in [-0.2, 0) is 11.2 Å². The molecular formula is C13H19NOS. The number of hydrogen-bond acceptors (Lipinski definition) is 2. The fraction of sp³-hybridized carbons (Fsp3) is 0.462. The molecule has 88 valence electrons. The van der Waals surface area contributed by atoms with Crippen LogP contribution < -0.4 is 5.32 Å². The predicted octanol–water partition coefficient (Wildman–Crippen LogP) is 2.87. The van der Waals surface area contributed by atoms with E-state index in [2.05, 4.69) is 5.32 Å². The number of benzene rings is 1. The highest BCUT2D eigenvalue weighted by atomic mass is 32.2. The third-order valence-corrected chi connectivity index (χ3v) is 2.78. The first-order valence-corrected chi connectivity index (χ1v) is 6.57. The first-order valence-electron chi connectivity index (χ1n) is 5.34. The molecule has 16 heavy (non-hydrogen) atoms. The molecule has 0 aliphatic rings. The minimum absolute atomic E-state index is 0.0735.